The van der Waals surface area contributed by atoms with Crippen LogP contribution in [-0.2, 0) is 11.3 Å². The Balaban J connectivity index is 0.00000158. The largest absolute Gasteiger partial charge is 0.491 e. The van der Waals surface area contributed by atoms with Gasteiger partial charge >= 0.3 is 0 Å². The van der Waals surface area contributed by atoms with E-state index in [-0.39, 0.29) is 17.4 Å². The maximum Gasteiger partial charge on any atom is 0.251 e. The van der Waals surface area contributed by atoms with Gasteiger partial charge in [0.1, 0.15) is 18.2 Å². The summed E-state index contributed by atoms with van der Waals surface area (Å²) in [5, 5.41) is 0. The van der Waals surface area contributed by atoms with Crippen molar-refractivity contribution in [3.63, 3.8) is 0 Å². The molecule has 5 heteroatoms. The molecule has 152 valence electrons. The number of hydrogen-bond donors (Lipinski definition) is 0. The molecule has 1 heterocycles. The van der Waals surface area contributed by atoms with E-state index in [1.165, 1.54) is 12.1 Å². The monoisotopic (exact) mass is 379 g/mol. The molecular weight excluding hydrogens is 345 g/mol. The highest BCUT2D eigenvalue weighted by Crippen LogP contribution is 2.18. The molecule has 0 fully saturated rings. The average Bonchev–Trinajstić information content (AvgIpc) is 2.67. The fraction of sp³-hybridized carbons (Fsp3) is 0.500. The summed E-state index contributed by atoms with van der Waals surface area (Å²) in [6, 6.07) is 8.03. The molecule has 2 rings (SSSR count). The van der Waals surface area contributed by atoms with Crippen molar-refractivity contribution in [2.24, 2.45) is 0 Å². The first kappa shape index (κ1) is 24.9. The first-order chi connectivity index (χ1) is 13.0. The quantitative estimate of drug-likeness (QED) is 0.594. The molecule has 0 aliphatic rings. The summed E-state index contributed by atoms with van der Waals surface area (Å²) in [6.45, 7) is 14.8. The van der Waals surface area contributed by atoms with Crippen LogP contribution in [0.3, 0.4) is 0 Å². The lowest BCUT2D eigenvalue weighted by Crippen LogP contribution is -2.21. The van der Waals surface area contributed by atoms with Gasteiger partial charge in [0.25, 0.3) is 5.56 Å². The predicted octanol–water partition coefficient (Wildman–Crippen LogP) is 5.52. The van der Waals surface area contributed by atoms with E-state index in [0.29, 0.717) is 25.6 Å². The summed E-state index contributed by atoms with van der Waals surface area (Å²) >= 11 is 0. The molecular formula is C22H34FNO3. The van der Waals surface area contributed by atoms with Crippen LogP contribution >= 0.6 is 0 Å². The van der Waals surface area contributed by atoms with Crippen LogP contribution in [0.5, 0.6) is 5.75 Å². The number of aryl methyl sites for hydroxylation is 1. The van der Waals surface area contributed by atoms with Crippen molar-refractivity contribution >= 4 is 0 Å². The van der Waals surface area contributed by atoms with Crippen molar-refractivity contribution in [2.45, 2.75) is 61.1 Å². The summed E-state index contributed by atoms with van der Waals surface area (Å²) < 4.78 is 25.8. The molecule has 0 spiro atoms. The first-order valence-electron chi connectivity index (χ1n) is 9.65. The van der Waals surface area contributed by atoms with Gasteiger partial charge in [-0.1, -0.05) is 33.8 Å². The van der Waals surface area contributed by atoms with Crippen LogP contribution in [0.15, 0.2) is 41.3 Å². The zero-order chi connectivity index (χ0) is 20.8. The maximum absolute atomic E-state index is 13.1. The van der Waals surface area contributed by atoms with E-state index in [2.05, 4.69) is 0 Å². The molecule has 1 aromatic carbocycles. The minimum Gasteiger partial charge on any atom is -0.491 e. The highest BCUT2D eigenvalue weighted by atomic mass is 19.1. The standard InChI is InChI=1S/C18H22FNO3.2C2H6/c1-13(2)20-7-6-15(10-18(20)21)12-22-8-9-23-17-11-16(19)5-4-14(17)3;2*1-2/h4-7,10-11,13H,8-9,12H2,1-3H3;2*1-2H3. The number of nitrogens with zero attached hydrogens (tertiary/aromatic N) is 1. The number of halogens is 1. The van der Waals surface area contributed by atoms with Gasteiger partial charge in [0.2, 0.25) is 0 Å². The van der Waals surface area contributed by atoms with Gasteiger partial charge in [-0.3, -0.25) is 4.79 Å². The lowest BCUT2D eigenvalue weighted by Gasteiger charge is -2.11. The van der Waals surface area contributed by atoms with E-state index in [0.717, 1.165) is 11.1 Å². The molecule has 0 radical (unpaired) electrons. The molecule has 0 aliphatic carbocycles. The van der Waals surface area contributed by atoms with Gasteiger partial charge in [0, 0.05) is 24.4 Å². The molecule has 2 aromatic rings. The molecule has 0 N–H and O–H groups in total. The Bertz CT molecular complexity index is 711. The van der Waals surface area contributed by atoms with Gasteiger partial charge in [-0.05, 0) is 44.0 Å². The van der Waals surface area contributed by atoms with Crippen molar-refractivity contribution < 1.29 is 13.9 Å². The second kappa shape index (κ2) is 14.0. The summed E-state index contributed by atoms with van der Waals surface area (Å²) in [7, 11) is 0. The number of ether oxygens (including phenoxy) is 2. The number of benzene rings is 1. The fourth-order valence-electron chi connectivity index (χ4n) is 2.18. The lowest BCUT2D eigenvalue weighted by molar-refractivity contribution is 0.0884. The van der Waals surface area contributed by atoms with Crippen LogP contribution in [-0.4, -0.2) is 17.8 Å². The predicted molar refractivity (Wildman–Crippen MR) is 110 cm³/mol. The minimum absolute atomic E-state index is 0.0345. The molecule has 0 saturated heterocycles. The maximum atomic E-state index is 13.1. The van der Waals surface area contributed by atoms with Gasteiger partial charge in [0.15, 0.2) is 0 Å². The Kier molecular flexibility index (Phi) is 12.9. The normalized spacial score (nSPS) is 9.81. The van der Waals surface area contributed by atoms with E-state index in [1.54, 1.807) is 22.9 Å². The van der Waals surface area contributed by atoms with Gasteiger partial charge in [-0.15, -0.1) is 0 Å². The topological polar surface area (TPSA) is 40.5 Å². The highest BCUT2D eigenvalue weighted by molar-refractivity contribution is 5.32. The Labute approximate surface area is 162 Å². The third-order valence-corrected chi connectivity index (χ3v) is 3.47. The molecule has 0 saturated carbocycles. The van der Waals surface area contributed by atoms with Crippen LogP contribution < -0.4 is 10.3 Å². The number of aromatic nitrogens is 1. The zero-order valence-electron chi connectivity index (χ0n) is 17.7. The third kappa shape index (κ3) is 8.87. The lowest BCUT2D eigenvalue weighted by atomic mass is 10.2. The molecule has 0 bridgehead atoms. The summed E-state index contributed by atoms with van der Waals surface area (Å²) in [6.07, 6.45) is 1.78. The van der Waals surface area contributed by atoms with Gasteiger partial charge in [-0.2, -0.15) is 0 Å². The van der Waals surface area contributed by atoms with Crippen molar-refractivity contribution in [1.82, 2.24) is 4.57 Å². The van der Waals surface area contributed by atoms with Crippen LogP contribution in [0.25, 0.3) is 0 Å². The second-order valence-electron chi connectivity index (χ2n) is 5.69. The van der Waals surface area contributed by atoms with Crippen molar-refractivity contribution in [3.8, 4) is 5.75 Å². The van der Waals surface area contributed by atoms with Crippen LogP contribution in [0.4, 0.5) is 4.39 Å². The number of pyridine rings is 1. The van der Waals surface area contributed by atoms with E-state index in [9.17, 15) is 9.18 Å². The molecule has 27 heavy (non-hydrogen) atoms. The van der Waals surface area contributed by atoms with Crippen molar-refractivity contribution in [1.29, 1.82) is 0 Å². The molecule has 0 unspecified atom stereocenters. The minimum atomic E-state index is -0.322. The van der Waals surface area contributed by atoms with Gasteiger partial charge in [-0.25, -0.2) is 4.39 Å². The van der Waals surface area contributed by atoms with Crippen LogP contribution in [0, 0.1) is 12.7 Å². The number of rotatable bonds is 7. The Morgan fingerprint density at radius 2 is 1.70 bits per heavy atom. The first-order valence-corrected chi connectivity index (χ1v) is 9.65. The summed E-state index contributed by atoms with van der Waals surface area (Å²) in [5.41, 5.74) is 1.67. The molecule has 4 nitrogen and oxygen atoms in total. The zero-order valence-corrected chi connectivity index (χ0v) is 17.7. The van der Waals surface area contributed by atoms with E-state index in [4.69, 9.17) is 9.47 Å². The highest BCUT2D eigenvalue weighted by Gasteiger charge is 2.03. The smallest absolute Gasteiger partial charge is 0.251 e. The molecule has 0 aliphatic heterocycles. The second-order valence-corrected chi connectivity index (χ2v) is 5.69. The summed E-state index contributed by atoms with van der Waals surface area (Å²) in [4.78, 5) is 11.9. The van der Waals surface area contributed by atoms with E-state index in [1.807, 2.05) is 54.5 Å². The average molecular weight is 380 g/mol. The molecule has 0 atom stereocenters. The Hall–Kier alpha value is -2.14. The van der Waals surface area contributed by atoms with Gasteiger partial charge in [0.05, 0.1) is 13.2 Å². The van der Waals surface area contributed by atoms with Crippen molar-refractivity contribution in [3.05, 3.63) is 63.8 Å². The van der Waals surface area contributed by atoms with E-state index < -0.39 is 0 Å². The van der Waals surface area contributed by atoms with Crippen LogP contribution in [0.1, 0.15) is 58.7 Å². The molecule has 1 aromatic heterocycles. The molecule has 0 amide bonds. The third-order valence-electron chi connectivity index (χ3n) is 3.47. The Morgan fingerprint density at radius 3 is 2.30 bits per heavy atom. The fourth-order valence-corrected chi connectivity index (χ4v) is 2.18. The van der Waals surface area contributed by atoms with Crippen molar-refractivity contribution in [2.75, 3.05) is 13.2 Å². The number of hydrogen-bond acceptors (Lipinski definition) is 3. The SMILES string of the molecule is CC.CC.Cc1ccc(F)cc1OCCOCc1ccn(C(C)C)c(=O)c1. The van der Waals surface area contributed by atoms with Gasteiger partial charge < -0.3 is 14.0 Å². The van der Waals surface area contributed by atoms with E-state index >= 15 is 0 Å². The Morgan fingerprint density at radius 1 is 1.04 bits per heavy atom. The van der Waals surface area contributed by atoms with Crippen LogP contribution in [0.2, 0.25) is 0 Å². The summed E-state index contributed by atoms with van der Waals surface area (Å²) in [5.74, 6) is 0.199.